The predicted octanol–water partition coefficient (Wildman–Crippen LogP) is 3.31. The first-order chi connectivity index (χ1) is 14.2. The van der Waals surface area contributed by atoms with E-state index in [1.165, 1.54) is 4.31 Å². The fourth-order valence-corrected chi connectivity index (χ4v) is 4.90. The van der Waals surface area contributed by atoms with Crippen LogP contribution in [-0.2, 0) is 19.6 Å². The number of sulfonamides is 1. The van der Waals surface area contributed by atoms with Crippen molar-refractivity contribution in [2.75, 3.05) is 27.3 Å². The van der Waals surface area contributed by atoms with Crippen molar-refractivity contribution >= 4 is 38.9 Å². The van der Waals surface area contributed by atoms with Crippen LogP contribution < -0.4 is 14.5 Å². The second-order valence-corrected chi connectivity index (χ2v) is 9.37. The zero-order valence-corrected chi connectivity index (χ0v) is 18.3. The quantitative estimate of drug-likeness (QED) is 0.732. The Kier molecular flexibility index (Phi) is 6.45. The van der Waals surface area contributed by atoms with Crippen LogP contribution in [0.3, 0.4) is 0 Å². The molecule has 1 aliphatic heterocycles. The summed E-state index contributed by atoms with van der Waals surface area (Å²) in [4.78, 5) is 26.6. The number of aryl methyl sites for hydroxylation is 1. The van der Waals surface area contributed by atoms with Crippen LogP contribution in [0.25, 0.3) is 0 Å². The lowest BCUT2D eigenvalue weighted by molar-refractivity contribution is -0.118. The lowest BCUT2D eigenvalue weighted by Crippen LogP contribution is -2.47. The molecule has 0 bridgehead atoms. The molecule has 2 amide bonds. The lowest BCUT2D eigenvalue weighted by atomic mass is 10.1. The molecule has 2 aromatic carbocycles. The van der Waals surface area contributed by atoms with E-state index in [9.17, 15) is 18.0 Å². The van der Waals surface area contributed by atoms with Gasteiger partial charge in [-0.15, -0.1) is 0 Å². The Labute approximate surface area is 177 Å². The van der Waals surface area contributed by atoms with Crippen molar-refractivity contribution in [3.63, 3.8) is 0 Å². The Morgan fingerprint density at radius 2 is 1.90 bits per heavy atom. The summed E-state index contributed by atoms with van der Waals surface area (Å²) in [5, 5.41) is 2.81. The van der Waals surface area contributed by atoms with Gasteiger partial charge in [-0.1, -0.05) is 19.1 Å². The van der Waals surface area contributed by atoms with Crippen LogP contribution in [0, 0.1) is 6.92 Å². The molecule has 1 heterocycles. The number of benzene rings is 2. The van der Waals surface area contributed by atoms with Crippen molar-refractivity contribution in [1.82, 2.24) is 0 Å². The Morgan fingerprint density at radius 1 is 1.20 bits per heavy atom. The minimum absolute atomic E-state index is 0.0970. The zero-order valence-electron chi connectivity index (χ0n) is 17.5. The van der Waals surface area contributed by atoms with Crippen LogP contribution in [0.2, 0.25) is 0 Å². The number of hydrogen-bond donors (Lipinski definition) is 1. The van der Waals surface area contributed by atoms with Crippen LogP contribution >= 0.6 is 0 Å². The van der Waals surface area contributed by atoms with Gasteiger partial charge in [0.2, 0.25) is 21.8 Å². The monoisotopic (exact) mass is 429 g/mol. The number of amides is 2. The Hall–Kier alpha value is -2.87. The van der Waals surface area contributed by atoms with Crippen LogP contribution in [0.5, 0.6) is 0 Å². The van der Waals surface area contributed by atoms with E-state index in [4.69, 9.17) is 0 Å². The first-order valence-corrected chi connectivity index (χ1v) is 11.8. The third kappa shape index (κ3) is 4.81. The summed E-state index contributed by atoms with van der Waals surface area (Å²) in [5.74, 6) is -0.311. The van der Waals surface area contributed by atoms with Crippen LogP contribution in [-0.4, -0.2) is 39.1 Å². The molecule has 8 heteroatoms. The minimum atomic E-state index is -3.68. The van der Waals surface area contributed by atoms with E-state index in [0.717, 1.165) is 23.9 Å². The van der Waals surface area contributed by atoms with Gasteiger partial charge in [-0.2, -0.15) is 0 Å². The number of anilines is 3. The summed E-state index contributed by atoms with van der Waals surface area (Å²) in [7, 11) is -3.68. The molecule has 0 aliphatic carbocycles. The van der Waals surface area contributed by atoms with E-state index in [1.807, 2.05) is 13.0 Å². The molecule has 3 rings (SSSR count). The van der Waals surface area contributed by atoms with Crippen molar-refractivity contribution in [2.24, 2.45) is 0 Å². The molecule has 1 fully saturated rings. The summed E-state index contributed by atoms with van der Waals surface area (Å²) in [6.45, 7) is 4.35. The zero-order chi connectivity index (χ0) is 21.9. The van der Waals surface area contributed by atoms with Gasteiger partial charge in [-0.25, -0.2) is 8.42 Å². The number of nitrogens with zero attached hydrogens (tertiary/aromatic N) is 2. The predicted molar refractivity (Wildman–Crippen MR) is 119 cm³/mol. The third-order valence-corrected chi connectivity index (χ3v) is 6.29. The van der Waals surface area contributed by atoms with Gasteiger partial charge in [0, 0.05) is 24.3 Å². The van der Waals surface area contributed by atoms with Crippen molar-refractivity contribution in [3.05, 3.63) is 54.1 Å². The van der Waals surface area contributed by atoms with Gasteiger partial charge in [0.05, 0.1) is 11.9 Å². The van der Waals surface area contributed by atoms with E-state index in [2.05, 4.69) is 5.32 Å². The van der Waals surface area contributed by atoms with Gasteiger partial charge in [0.1, 0.15) is 6.04 Å². The number of rotatable bonds is 7. The summed E-state index contributed by atoms with van der Waals surface area (Å²) < 4.78 is 26.2. The first kappa shape index (κ1) is 21.8. The molecule has 7 nitrogen and oxygen atoms in total. The summed E-state index contributed by atoms with van der Waals surface area (Å²) >= 11 is 0. The smallest absolute Gasteiger partial charge is 0.248 e. The second kappa shape index (κ2) is 8.87. The van der Waals surface area contributed by atoms with E-state index in [-0.39, 0.29) is 5.91 Å². The molecular weight excluding hydrogens is 402 g/mol. The maximum Gasteiger partial charge on any atom is 0.248 e. The number of hydrogen-bond acceptors (Lipinski definition) is 4. The molecule has 0 aromatic heterocycles. The maximum atomic E-state index is 13.0. The van der Waals surface area contributed by atoms with E-state index >= 15 is 0 Å². The highest BCUT2D eigenvalue weighted by molar-refractivity contribution is 7.92. The molecule has 1 saturated heterocycles. The highest BCUT2D eigenvalue weighted by atomic mass is 32.2. The van der Waals surface area contributed by atoms with E-state index in [1.54, 1.807) is 54.3 Å². The molecular formula is C22H27N3O4S. The van der Waals surface area contributed by atoms with Crippen LogP contribution in [0.4, 0.5) is 17.1 Å². The average molecular weight is 430 g/mol. The molecule has 1 N–H and O–H groups in total. The normalized spacial score (nSPS) is 15.2. The number of carbonyl (C=O) groups is 2. The largest absolute Gasteiger partial charge is 0.324 e. The minimum Gasteiger partial charge on any atom is -0.324 e. The van der Waals surface area contributed by atoms with Crippen LogP contribution in [0.1, 0.15) is 31.7 Å². The van der Waals surface area contributed by atoms with Crippen molar-refractivity contribution in [2.45, 2.75) is 39.2 Å². The molecule has 2 aromatic rings. The molecule has 0 radical (unpaired) electrons. The second-order valence-electron chi connectivity index (χ2n) is 7.51. The third-order valence-electron chi connectivity index (χ3n) is 5.11. The molecule has 1 aliphatic rings. The maximum absolute atomic E-state index is 13.0. The van der Waals surface area contributed by atoms with Crippen molar-refractivity contribution in [3.8, 4) is 0 Å². The van der Waals surface area contributed by atoms with E-state index in [0.29, 0.717) is 30.8 Å². The Bertz CT molecular complexity index is 1030. The highest BCUT2D eigenvalue weighted by Gasteiger charge is 2.31. The first-order valence-electron chi connectivity index (χ1n) is 9.98. The molecule has 0 unspecified atom stereocenters. The van der Waals surface area contributed by atoms with Gasteiger partial charge in [-0.3, -0.25) is 13.9 Å². The molecule has 30 heavy (non-hydrogen) atoms. The van der Waals surface area contributed by atoms with Crippen molar-refractivity contribution in [1.29, 1.82) is 0 Å². The SMILES string of the molecule is CC[C@H](C(=O)Nc1ccc(N2CCCC2=O)cc1)N(c1cccc(C)c1)S(C)(=O)=O. The molecule has 1 atom stereocenters. The number of carbonyl (C=O) groups excluding carboxylic acids is 2. The number of nitrogens with one attached hydrogen (secondary N) is 1. The molecule has 0 saturated carbocycles. The van der Waals surface area contributed by atoms with Crippen molar-refractivity contribution < 1.29 is 18.0 Å². The van der Waals surface area contributed by atoms with Crippen LogP contribution in [0.15, 0.2) is 48.5 Å². The van der Waals surface area contributed by atoms with Gasteiger partial charge < -0.3 is 10.2 Å². The Balaban J connectivity index is 1.81. The topological polar surface area (TPSA) is 86.8 Å². The fourth-order valence-electron chi connectivity index (χ4n) is 3.70. The fraction of sp³-hybridized carbons (Fsp3) is 0.364. The summed E-state index contributed by atoms with van der Waals surface area (Å²) in [6.07, 6.45) is 2.81. The summed E-state index contributed by atoms with van der Waals surface area (Å²) in [5.41, 5.74) is 2.71. The van der Waals surface area contributed by atoms with Gasteiger partial charge in [-0.05, 0) is 61.7 Å². The summed E-state index contributed by atoms with van der Waals surface area (Å²) in [6, 6.07) is 13.2. The average Bonchev–Trinajstić information content (AvgIpc) is 3.11. The standard InChI is InChI=1S/C22H27N3O4S/c1-4-20(25(30(3,28)29)19-8-5-7-16(2)15-19)22(27)23-17-10-12-18(13-11-17)24-14-6-9-21(24)26/h5,7-8,10-13,15,20H,4,6,9,14H2,1-3H3,(H,23,27)/t20-/m1/s1. The molecule has 0 spiro atoms. The molecule has 160 valence electrons. The lowest BCUT2D eigenvalue weighted by Gasteiger charge is -2.30. The Morgan fingerprint density at radius 3 is 2.43 bits per heavy atom. The highest BCUT2D eigenvalue weighted by Crippen LogP contribution is 2.26. The van der Waals surface area contributed by atoms with Gasteiger partial charge in [0.25, 0.3) is 0 Å². The van der Waals surface area contributed by atoms with Gasteiger partial charge in [0.15, 0.2) is 0 Å². The van der Waals surface area contributed by atoms with Gasteiger partial charge >= 0.3 is 0 Å². The van der Waals surface area contributed by atoms with E-state index < -0.39 is 22.0 Å².